The molecule has 0 aliphatic heterocycles. The number of aromatic nitrogens is 1. The van der Waals surface area contributed by atoms with Crippen molar-refractivity contribution in [3.63, 3.8) is 0 Å². The van der Waals surface area contributed by atoms with E-state index in [2.05, 4.69) is 12.2 Å². The van der Waals surface area contributed by atoms with Gasteiger partial charge in [0.05, 0.1) is 17.3 Å². The van der Waals surface area contributed by atoms with E-state index in [1.54, 1.807) is 7.11 Å². The highest BCUT2D eigenvalue weighted by molar-refractivity contribution is 7.11. The van der Waals surface area contributed by atoms with Crippen LogP contribution in [0.3, 0.4) is 0 Å². The van der Waals surface area contributed by atoms with E-state index in [0.717, 1.165) is 26.1 Å². The Morgan fingerprint density at radius 2 is 2.39 bits per heavy atom. The maximum atomic E-state index is 5.14. The molecule has 1 aromatic rings. The minimum absolute atomic E-state index is 0.632. The molecule has 1 aliphatic carbocycles. The molecule has 102 valence electrons. The van der Waals surface area contributed by atoms with E-state index in [9.17, 15) is 0 Å². The number of nitrogens with zero attached hydrogens (tertiary/aromatic N) is 1. The molecular weight excluding hydrogens is 244 g/mol. The van der Waals surface area contributed by atoms with Gasteiger partial charge in [-0.2, -0.15) is 0 Å². The average molecular weight is 268 g/mol. The van der Waals surface area contributed by atoms with Crippen molar-refractivity contribution >= 4 is 11.3 Å². The first-order valence-corrected chi connectivity index (χ1v) is 7.85. The molecule has 0 saturated heterocycles. The van der Waals surface area contributed by atoms with Crippen LogP contribution in [0.4, 0.5) is 0 Å². The summed E-state index contributed by atoms with van der Waals surface area (Å²) in [6, 6.07) is 0. The summed E-state index contributed by atoms with van der Waals surface area (Å²) in [5.41, 5.74) is 1.38. The van der Waals surface area contributed by atoms with Crippen LogP contribution in [0.5, 0.6) is 0 Å². The van der Waals surface area contributed by atoms with Crippen LogP contribution in [0.25, 0.3) is 0 Å². The van der Waals surface area contributed by atoms with E-state index in [1.807, 2.05) is 11.3 Å². The number of nitrogens with one attached hydrogen (secondary N) is 1. The predicted molar refractivity (Wildman–Crippen MR) is 76.5 cm³/mol. The normalized spacial score (nSPS) is 18.9. The number of hydrogen-bond donors (Lipinski definition) is 1. The molecule has 18 heavy (non-hydrogen) atoms. The Morgan fingerprint density at radius 1 is 1.50 bits per heavy atom. The van der Waals surface area contributed by atoms with Gasteiger partial charge in [0, 0.05) is 30.9 Å². The van der Waals surface area contributed by atoms with E-state index < -0.39 is 0 Å². The maximum absolute atomic E-state index is 5.14. The van der Waals surface area contributed by atoms with E-state index in [4.69, 9.17) is 9.72 Å². The zero-order chi connectivity index (χ0) is 12.8. The molecule has 0 amide bonds. The Hall–Kier alpha value is -0.450. The molecule has 1 unspecified atom stereocenters. The third-order valence-electron chi connectivity index (χ3n) is 3.45. The van der Waals surface area contributed by atoms with Gasteiger partial charge in [-0.3, -0.25) is 0 Å². The van der Waals surface area contributed by atoms with Crippen LogP contribution < -0.4 is 5.32 Å². The number of fused-ring (bicyclic) bond motifs is 1. The van der Waals surface area contributed by atoms with Crippen molar-refractivity contribution in [1.82, 2.24) is 10.3 Å². The average Bonchev–Trinajstić information content (AvgIpc) is 2.80. The van der Waals surface area contributed by atoms with Gasteiger partial charge in [0.25, 0.3) is 0 Å². The van der Waals surface area contributed by atoms with Crippen LogP contribution in [-0.2, 0) is 17.6 Å². The van der Waals surface area contributed by atoms with Crippen LogP contribution in [0.15, 0.2) is 0 Å². The van der Waals surface area contributed by atoms with E-state index in [-0.39, 0.29) is 0 Å². The fraction of sp³-hybridized carbons (Fsp3) is 0.786. The van der Waals surface area contributed by atoms with Crippen LogP contribution in [0.2, 0.25) is 0 Å². The van der Waals surface area contributed by atoms with Crippen molar-refractivity contribution < 1.29 is 4.74 Å². The lowest BCUT2D eigenvalue weighted by molar-refractivity contribution is 0.202. The first kappa shape index (κ1) is 14.0. The van der Waals surface area contributed by atoms with Crippen LogP contribution in [-0.4, -0.2) is 31.8 Å². The lowest BCUT2D eigenvalue weighted by atomic mass is 9.91. The van der Waals surface area contributed by atoms with Crippen molar-refractivity contribution in [3.05, 3.63) is 15.6 Å². The van der Waals surface area contributed by atoms with E-state index in [1.165, 1.54) is 41.3 Å². The van der Waals surface area contributed by atoms with E-state index >= 15 is 0 Å². The van der Waals surface area contributed by atoms with Gasteiger partial charge < -0.3 is 10.1 Å². The molecule has 0 bridgehead atoms. The predicted octanol–water partition coefficient (Wildman–Crippen LogP) is 2.75. The van der Waals surface area contributed by atoms with Crippen molar-refractivity contribution in [3.8, 4) is 0 Å². The Labute approximate surface area is 114 Å². The lowest BCUT2D eigenvalue weighted by Gasteiger charge is -2.21. The molecule has 4 heteroatoms. The quantitative estimate of drug-likeness (QED) is 0.772. The molecule has 1 heterocycles. The summed E-state index contributed by atoms with van der Waals surface area (Å²) >= 11 is 1.90. The smallest absolute Gasteiger partial charge is 0.0954 e. The molecule has 0 radical (unpaired) electrons. The molecule has 0 fully saturated rings. The van der Waals surface area contributed by atoms with Crippen molar-refractivity contribution in [2.45, 2.75) is 44.9 Å². The molecular formula is C14H24N2OS. The van der Waals surface area contributed by atoms with Crippen LogP contribution in [0.1, 0.15) is 47.7 Å². The van der Waals surface area contributed by atoms with Gasteiger partial charge in [-0.15, -0.1) is 11.3 Å². The minimum atomic E-state index is 0.632. The number of methoxy groups -OCH3 is 1. The Kier molecular flexibility index (Phi) is 5.60. The second-order valence-electron chi connectivity index (χ2n) is 4.95. The third-order valence-corrected chi connectivity index (χ3v) is 4.64. The highest BCUT2D eigenvalue weighted by Crippen LogP contribution is 2.34. The number of thiazole rings is 1. The van der Waals surface area contributed by atoms with Gasteiger partial charge in [-0.05, 0) is 32.2 Å². The van der Waals surface area contributed by atoms with Crippen molar-refractivity contribution in [1.29, 1.82) is 0 Å². The molecule has 2 rings (SSSR count). The van der Waals surface area contributed by atoms with Gasteiger partial charge in [0.1, 0.15) is 0 Å². The summed E-state index contributed by atoms with van der Waals surface area (Å²) in [5.74, 6) is 0.632. The summed E-state index contributed by atoms with van der Waals surface area (Å²) < 4.78 is 5.14. The first-order chi connectivity index (χ1) is 8.85. The Morgan fingerprint density at radius 3 is 3.17 bits per heavy atom. The molecule has 0 spiro atoms. The van der Waals surface area contributed by atoms with Crippen molar-refractivity contribution in [2.24, 2.45) is 0 Å². The molecule has 1 atom stereocenters. The fourth-order valence-corrected chi connectivity index (χ4v) is 3.68. The van der Waals surface area contributed by atoms with Gasteiger partial charge in [-0.1, -0.05) is 6.92 Å². The molecule has 1 aliphatic rings. The SMILES string of the molecule is CCCNCC1CCCc2sc(CCOC)nc21. The third kappa shape index (κ3) is 3.53. The standard InChI is InChI=1S/C14H24N2OS/c1-3-8-15-10-11-5-4-6-12-14(11)16-13(18-12)7-9-17-2/h11,15H,3-10H2,1-2H3. The zero-order valence-electron chi connectivity index (χ0n) is 11.5. The molecule has 0 saturated carbocycles. The largest absolute Gasteiger partial charge is 0.384 e. The zero-order valence-corrected chi connectivity index (χ0v) is 12.3. The Bertz CT molecular complexity index is 365. The second kappa shape index (κ2) is 7.22. The number of rotatable bonds is 7. The number of ether oxygens (including phenoxy) is 1. The summed E-state index contributed by atoms with van der Waals surface area (Å²) in [6.07, 6.45) is 6.00. The highest BCUT2D eigenvalue weighted by Gasteiger charge is 2.24. The highest BCUT2D eigenvalue weighted by atomic mass is 32.1. The van der Waals surface area contributed by atoms with Crippen molar-refractivity contribution in [2.75, 3.05) is 26.8 Å². The number of hydrogen-bond acceptors (Lipinski definition) is 4. The van der Waals surface area contributed by atoms with Gasteiger partial charge >= 0.3 is 0 Å². The maximum Gasteiger partial charge on any atom is 0.0954 e. The van der Waals surface area contributed by atoms with Gasteiger partial charge in [0.2, 0.25) is 0 Å². The molecule has 3 nitrogen and oxygen atoms in total. The minimum Gasteiger partial charge on any atom is -0.384 e. The summed E-state index contributed by atoms with van der Waals surface area (Å²) in [7, 11) is 1.75. The Balaban J connectivity index is 1.98. The molecule has 1 N–H and O–H groups in total. The lowest BCUT2D eigenvalue weighted by Crippen LogP contribution is -2.24. The van der Waals surface area contributed by atoms with Crippen LogP contribution in [0, 0.1) is 0 Å². The summed E-state index contributed by atoms with van der Waals surface area (Å²) in [6.45, 7) is 5.21. The summed E-state index contributed by atoms with van der Waals surface area (Å²) in [4.78, 5) is 6.37. The van der Waals surface area contributed by atoms with Gasteiger partial charge in [-0.25, -0.2) is 4.98 Å². The monoisotopic (exact) mass is 268 g/mol. The van der Waals surface area contributed by atoms with Gasteiger partial charge in [0.15, 0.2) is 0 Å². The fourth-order valence-electron chi connectivity index (χ4n) is 2.51. The number of aryl methyl sites for hydroxylation is 1. The van der Waals surface area contributed by atoms with E-state index in [0.29, 0.717) is 5.92 Å². The van der Waals surface area contributed by atoms with Crippen LogP contribution >= 0.6 is 11.3 Å². The molecule has 1 aromatic heterocycles. The molecule has 0 aromatic carbocycles. The topological polar surface area (TPSA) is 34.1 Å². The summed E-state index contributed by atoms with van der Waals surface area (Å²) in [5, 5.41) is 4.79. The first-order valence-electron chi connectivity index (χ1n) is 7.03. The second-order valence-corrected chi connectivity index (χ2v) is 6.12.